The Bertz CT molecular complexity index is 621. The molecule has 0 spiro atoms. The lowest BCUT2D eigenvalue weighted by atomic mass is 10.1. The third-order valence-corrected chi connectivity index (χ3v) is 3.70. The summed E-state index contributed by atoms with van der Waals surface area (Å²) in [4.78, 5) is 11.6. The van der Waals surface area contributed by atoms with E-state index in [9.17, 15) is 4.79 Å². The first-order chi connectivity index (χ1) is 9.78. The second kappa shape index (κ2) is 5.51. The Labute approximate surface area is 118 Å². The van der Waals surface area contributed by atoms with Crippen LogP contribution in [-0.4, -0.2) is 31.6 Å². The van der Waals surface area contributed by atoms with E-state index < -0.39 is 0 Å². The van der Waals surface area contributed by atoms with Crippen molar-refractivity contribution in [2.45, 2.75) is 18.6 Å². The average Bonchev–Trinajstić information content (AvgIpc) is 2.95. The quantitative estimate of drug-likeness (QED) is 0.892. The van der Waals surface area contributed by atoms with Gasteiger partial charge in [-0.25, -0.2) is 0 Å². The van der Waals surface area contributed by atoms with Gasteiger partial charge in [-0.3, -0.25) is 4.79 Å². The number of ether oxygens (including phenoxy) is 1. The van der Waals surface area contributed by atoms with E-state index in [1.54, 1.807) is 7.05 Å². The van der Waals surface area contributed by atoms with Crippen LogP contribution in [0.15, 0.2) is 42.5 Å². The van der Waals surface area contributed by atoms with E-state index in [1.807, 2.05) is 24.3 Å². The molecule has 2 N–H and O–H groups in total. The number of hydrogen-bond acceptors (Lipinski definition) is 3. The number of fused-ring (bicyclic) bond motifs is 1. The van der Waals surface area contributed by atoms with Crippen molar-refractivity contribution in [2.75, 3.05) is 13.6 Å². The van der Waals surface area contributed by atoms with Gasteiger partial charge in [0.05, 0.1) is 6.04 Å². The van der Waals surface area contributed by atoms with Gasteiger partial charge in [0.25, 0.3) is 0 Å². The minimum absolute atomic E-state index is 0.0222. The standard InChI is InChI=1S/C16H18N2O2/c1-17-16(19)14-9-12(10-18-14)20-15-8-4-6-11-5-2-3-7-13(11)15/h2-8,12,14,18H,9-10H2,1H3,(H,17,19)/t12-,14-/m0/s1. The Balaban J connectivity index is 1.76. The molecule has 2 atom stereocenters. The van der Waals surface area contributed by atoms with E-state index >= 15 is 0 Å². The van der Waals surface area contributed by atoms with Crippen molar-refractivity contribution in [1.29, 1.82) is 0 Å². The molecule has 0 saturated carbocycles. The van der Waals surface area contributed by atoms with E-state index in [2.05, 4.69) is 28.8 Å². The molecule has 1 aliphatic rings. The minimum Gasteiger partial charge on any atom is -0.488 e. The molecule has 20 heavy (non-hydrogen) atoms. The maximum atomic E-state index is 11.6. The number of likely N-dealkylation sites (N-methyl/N-ethyl adjacent to an activating group) is 1. The predicted octanol–water partition coefficient (Wildman–Crippen LogP) is 1.70. The zero-order valence-electron chi connectivity index (χ0n) is 11.4. The fourth-order valence-electron chi connectivity index (χ4n) is 2.65. The zero-order valence-corrected chi connectivity index (χ0v) is 11.4. The third-order valence-electron chi connectivity index (χ3n) is 3.70. The summed E-state index contributed by atoms with van der Waals surface area (Å²) in [5.74, 6) is 0.904. The van der Waals surface area contributed by atoms with Crippen LogP contribution in [0.2, 0.25) is 0 Å². The van der Waals surface area contributed by atoms with Gasteiger partial charge in [-0.15, -0.1) is 0 Å². The topological polar surface area (TPSA) is 50.4 Å². The molecule has 4 nitrogen and oxygen atoms in total. The molecule has 1 amide bonds. The van der Waals surface area contributed by atoms with Gasteiger partial charge in [0.2, 0.25) is 5.91 Å². The summed E-state index contributed by atoms with van der Waals surface area (Å²) in [7, 11) is 1.66. The van der Waals surface area contributed by atoms with Gasteiger partial charge >= 0.3 is 0 Å². The highest BCUT2D eigenvalue weighted by Crippen LogP contribution is 2.27. The van der Waals surface area contributed by atoms with Crippen LogP contribution >= 0.6 is 0 Å². The Kier molecular flexibility index (Phi) is 3.56. The average molecular weight is 270 g/mol. The molecule has 0 unspecified atom stereocenters. The molecule has 0 radical (unpaired) electrons. The van der Waals surface area contributed by atoms with Crippen molar-refractivity contribution in [3.63, 3.8) is 0 Å². The van der Waals surface area contributed by atoms with Crippen LogP contribution in [0.5, 0.6) is 5.75 Å². The van der Waals surface area contributed by atoms with Crippen molar-refractivity contribution < 1.29 is 9.53 Å². The summed E-state index contributed by atoms with van der Waals surface area (Å²) in [6.45, 7) is 0.696. The first kappa shape index (κ1) is 12.9. The molecular weight excluding hydrogens is 252 g/mol. The molecule has 104 valence electrons. The van der Waals surface area contributed by atoms with Crippen molar-refractivity contribution in [1.82, 2.24) is 10.6 Å². The second-order valence-corrected chi connectivity index (χ2v) is 5.03. The Morgan fingerprint density at radius 2 is 2.05 bits per heavy atom. The molecule has 0 aliphatic carbocycles. The Morgan fingerprint density at radius 3 is 2.90 bits per heavy atom. The number of rotatable bonds is 3. The number of carbonyl (C=O) groups is 1. The van der Waals surface area contributed by atoms with Gasteiger partial charge < -0.3 is 15.4 Å². The monoisotopic (exact) mass is 270 g/mol. The summed E-state index contributed by atoms with van der Waals surface area (Å²) in [5.41, 5.74) is 0. The van der Waals surface area contributed by atoms with Crippen molar-refractivity contribution >= 4 is 16.7 Å². The molecule has 2 aromatic rings. The lowest BCUT2D eigenvalue weighted by Gasteiger charge is -2.14. The van der Waals surface area contributed by atoms with Crippen molar-refractivity contribution in [2.24, 2.45) is 0 Å². The molecule has 0 bridgehead atoms. The molecule has 1 aliphatic heterocycles. The van der Waals surface area contributed by atoms with Crippen LogP contribution in [-0.2, 0) is 4.79 Å². The highest BCUT2D eigenvalue weighted by molar-refractivity contribution is 5.88. The number of benzene rings is 2. The van der Waals surface area contributed by atoms with Crippen LogP contribution in [0.1, 0.15) is 6.42 Å². The molecule has 2 aromatic carbocycles. The maximum absolute atomic E-state index is 11.6. The van der Waals surface area contributed by atoms with E-state index in [0.717, 1.165) is 11.1 Å². The number of carbonyl (C=O) groups excluding carboxylic acids is 1. The fraction of sp³-hybridized carbons (Fsp3) is 0.312. The predicted molar refractivity (Wildman–Crippen MR) is 78.8 cm³/mol. The number of hydrogen-bond donors (Lipinski definition) is 2. The Hall–Kier alpha value is -2.07. The lowest BCUT2D eigenvalue weighted by Crippen LogP contribution is -2.38. The first-order valence-electron chi connectivity index (χ1n) is 6.87. The molecule has 1 saturated heterocycles. The second-order valence-electron chi connectivity index (χ2n) is 5.03. The molecule has 0 aromatic heterocycles. The van der Waals surface area contributed by atoms with Crippen LogP contribution in [0, 0.1) is 0 Å². The molecule has 1 heterocycles. The van der Waals surface area contributed by atoms with Gasteiger partial charge in [-0.2, -0.15) is 0 Å². The van der Waals surface area contributed by atoms with E-state index in [1.165, 1.54) is 5.39 Å². The van der Waals surface area contributed by atoms with E-state index in [4.69, 9.17) is 4.74 Å². The van der Waals surface area contributed by atoms with Crippen LogP contribution < -0.4 is 15.4 Å². The summed E-state index contributed by atoms with van der Waals surface area (Å²) >= 11 is 0. The first-order valence-corrected chi connectivity index (χ1v) is 6.87. The highest BCUT2D eigenvalue weighted by atomic mass is 16.5. The summed E-state index contributed by atoms with van der Waals surface area (Å²) in [5, 5.41) is 8.13. The Morgan fingerprint density at radius 1 is 1.25 bits per heavy atom. The highest BCUT2D eigenvalue weighted by Gasteiger charge is 2.30. The maximum Gasteiger partial charge on any atom is 0.237 e. The van der Waals surface area contributed by atoms with Crippen molar-refractivity contribution in [3.8, 4) is 5.75 Å². The van der Waals surface area contributed by atoms with E-state index in [0.29, 0.717) is 13.0 Å². The SMILES string of the molecule is CNC(=O)[C@@H]1C[C@H](Oc2cccc3ccccc23)CN1. The van der Waals surface area contributed by atoms with Gasteiger partial charge in [0, 0.05) is 25.4 Å². The lowest BCUT2D eigenvalue weighted by molar-refractivity contribution is -0.122. The number of amides is 1. The molecule has 1 fully saturated rings. The molecular formula is C16H18N2O2. The normalized spacial score (nSPS) is 21.9. The van der Waals surface area contributed by atoms with Gasteiger partial charge in [0.1, 0.15) is 11.9 Å². The van der Waals surface area contributed by atoms with Crippen LogP contribution in [0.25, 0.3) is 10.8 Å². The van der Waals surface area contributed by atoms with Crippen molar-refractivity contribution in [3.05, 3.63) is 42.5 Å². The molecule has 3 rings (SSSR count). The van der Waals surface area contributed by atoms with E-state index in [-0.39, 0.29) is 18.1 Å². The summed E-state index contributed by atoms with van der Waals surface area (Å²) < 4.78 is 6.07. The molecule has 4 heteroatoms. The minimum atomic E-state index is -0.153. The zero-order chi connectivity index (χ0) is 13.9. The number of nitrogens with one attached hydrogen (secondary N) is 2. The van der Waals surface area contributed by atoms with Crippen LogP contribution in [0.4, 0.5) is 0 Å². The van der Waals surface area contributed by atoms with Gasteiger partial charge in [-0.1, -0.05) is 36.4 Å². The largest absolute Gasteiger partial charge is 0.488 e. The fourth-order valence-corrected chi connectivity index (χ4v) is 2.65. The van der Waals surface area contributed by atoms with Gasteiger partial charge in [-0.05, 0) is 11.5 Å². The van der Waals surface area contributed by atoms with Crippen LogP contribution in [0.3, 0.4) is 0 Å². The summed E-state index contributed by atoms with van der Waals surface area (Å²) in [6.07, 6.45) is 0.728. The summed E-state index contributed by atoms with van der Waals surface area (Å²) in [6, 6.07) is 14.1. The van der Waals surface area contributed by atoms with Gasteiger partial charge in [0.15, 0.2) is 0 Å². The third kappa shape index (κ3) is 2.47. The smallest absolute Gasteiger partial charge is 0.237 e.